The largest absolute Gasteiger partial charge is 0.354 e. The maximum Gasteiger partial charge on any atom is 0.239 e. The molecule has 0 radical (unpaired) electrons. The highest BCUT2D eigenvalue weighted by molar-refractivity contribution is 5.87. The zero-order valence-corrected chi connectivity index (χ0v) is 15.3. The number of nitrogens with two attached hydrogens (primary N) is 1. The molecule has 0 spiro atoms. The van der Waals surface area contributed by atoms with E-state index in [0.717, 1.165) is 26.1 Å². The molecule has 4 N–H and O–H groups in total. The van der Waals surface area contributed by atoms with Crippen LogP contribution < -0.4 is 16.4 Å². The summed E-state index contributed by atoms with van der Waals surface area (Å²) in [5, 5.41) is 5.44. The maximum absolute atomic E-state index is 11.7. The van der Waals surface area contributed by atoms with E-state index in [0.29, 0.717) is 12.5 Å². The smallest absolute Gasteiger partial charge is 0.239 e. The van der Waals surface area contributed by atoms with Crippen LogP contribution in [0.1, 0.15) is 27.2 Å². The first-order valence-corrected chi connectivity index (χ1v) is 7.46. The van der Waals surface area contributed by atoms with Crippen LogP contribution in [0.3, 0.4) is 0 Å². The molecule has 1 aliphatic rings. The standard InChI is InChI=1S/C14H28N4O2.2ClH/c1-4-18-6-5-11(9-18)7-16-12(19)8-17-14(20)13(15)10(2)3;;/h10-11,13H,4-9,15H2,1-3H3,(H,16,19)(H,17,20);2*1H/t11?,13-;;/m0../s1. The number of rotatable bonds is 7. The van der Waals surface area contributed by atoms with Crippen molar-refractivity contribution in [1.29, 1.82) is 0 Å². The summed E-state index contributed by atoms with van der Waals surface area (Å²) < 4.78 is 0. The number of hydrogen-bond acceptors (Lipinski definition) is 4. The molecule has 1 unspecified atom stereocenters. The van der Waals surface area contributed by atoms with Crippen molar-refractivity contribution in [3.05, 3.63) is 0 Å². The number of nitrogens with zero attached hydrogens (tertiary/aromatic N) is 1. The van der Waals surface area contributed by atoms with Gasteiger partial charge in [-0.1, -0.05) is 20.8 Å². The summed E-state index contributed by atoms with van der Waals surface area (Å²) in [6.07, 6.45) is 1.12. The van der Waals surface area contributed by atoms with Crippen LogP contribution in [0.2, 0.25) is 0 Å². The minimum absolute atomic E-state index is 0. The fourth-order valence-electron chi connectivity index (χ4n) is 2.28. The van der Waals surface area contributed by atoms with E-state index in [9.17, 15) is 9.59 Å². The van der Waals surface area contributed by atoms with Gasteiger partial charge in [-0.05, 0) is 31.3 Å². The lowest BCUT2D eigenvalue weighted by Crippen LogP contribution is -2.47. The average Bonchev–Trinajstić information content (AvgIpc) is 2.89. The minimum Gasteiger partial charge on any atom is -0.354 e. The van der Waals surface area contributed by atoms with Gasteiger partial charge in [0.2, 0.25) is 11.8 Å². The van der Waals surface area contributed by atoms with Crippen LogP contribution in [-0.4, -0.2) is 55.5 Å². The third-order valence-corrected chi connectivity index (χ3v) is 3.85. The summed E-state index contributed by atoms with van der Waals surface area (Å²) in [4.78, 5) is 25.7. The van der Waals surface area contributed by atoms with Gasteiger partial charge in [0, 0.05) is 13.1 Å². The van der Waals surface area contributed by atoms with Crippen molar-refractivity contribution in [3.63, 3.8) is 0 Å². The molecule has 1 aliphatic heterocycles. The molecule has 8 heteroatoms. The van der Waals surface area contributed by atoms with Crippen LogP contribution in [0.25, 0.3) is 0 Å². The molecule has 22 heavy (non-hydrogen) atoms. The van der Waals surface area contributed by atoms with Gasteiger partial charge in [-0.3, -0.25) is 9.59 Å². The summed E-state index contributed by atoms with van der Waals surface area (Å²) >= 11 is 0. The van der Waals surface area contributed by atoms with Crippen molar-refractivity contribution in [1.82, 2.24) is 15.5 Å². The van der Waals surface area contributed by atoms with Crippen molar-refractivity contribution < 1.29 is 9.59 Å². The Balaban J connectivity index is 0. The second-order valence-electron chi connectivity index (χ2n) is 5.84. The van der Waals surface area contributed by atoms with Crippen LogP contribution >= 0.6 is 24.8 Å². The SMILES string of the molecule is CCN1CCC(CNC(=O)CNC(=O)[C@@H](N)C(C)C)C1.Cl.Cl. The Kier molecular flexibility index (Phi) is 12.9. The fraction of sp³-hybridized carbons (Fsp3) is 0.857. The first-order chi connectivity index (χ1) is 9.43. The second kappa shape index (κ2) is 11.9. The highest BCUT2D eigenvalue weighted by atomic mass is 35.5. The number of likely N-dealkylation sites (tertiary alicyclic amines) is 1. The van der Waals surface area contributed by atoms with Crippen molar-refractivity contribution in [2.24, 2.45) is 17.6 Å². The molecule has 0 saturated carbocycles. The van der Waals surface area contributed by atoms with Gasteiger partial charge in [-0.15, -0.1) is 24.8 Å². The molecule has 1 rings (SSSR count). The van der Waals surface area contributed by atoms with Gasteiger partial charge in [0.05, 0.1) is 12.6 Å². The number of carbonyl (C=O) groups is 2. The summed E-state index contributed by atoms with van der Waals surface area (Å²) in [6.45, 7) is 9.80. The molecular weight excluding hydrogens is 327 g/mol. The summed E-state index contributed by atoms with van der Waals surface area (Å²) in [6, 6.07) is -0.559. The van der Waals surface area contributed by atoms with Crippen LogP contribution in [0.4, 0.5) is 0 Å². The summed E-state index contributed by atoms with van der Waals surface area (Å²) in [7, 11) is 0. The van der Waals surface area contributed by atoms with Gasteiger partial charge in [0.25, 0.3) is 0 Å². The Morgan fingerprint density at radius 1 is 1.27 bits per heavy atom. The first kappa shape index (κ1) is 23.7. The molecule has 1 heterocycles. The zero-order valence-electron chi connectivity index (χ0n) is 13.6. The van der Waals surface area contributed by atoms with E-state index in [-0.39, 0.29) is 49.1 Å². The van der Waals surface area contributed by atoms with Gasteiger partial charge in [-0.2, -0.15) is 0 Å². The van der Waals surface area contributed by atoms with E-state index in [1.807, 2.05) is 13.8 Å². The maximum atomic E-state index is 11.7. The Labute approximate surface area is 145 Å². The number of carbonyl (C=O) groups excluding carboxylic acids is 2. The quantitative estimate of drug-likeness (QED) is 0.615. The number of amides is 2. The monoisotopic (exact) mass is 356 g/mol. The minimum atomic E-state index is -0.559. The van der Waals surface area contributed by atoms with Crippen LogP contribution in [0, 0.1) is 11.8 Å². The molecular formula is C14H30Cl2N4O2. The molecule has 1 saturated heterocycles. The van der Waals surface area contributed by atoms with Crippen molar-refractivity contribution in [2.75, 3.05) is 32.7 Å². The second-order valence-corrected chi connectivity index (χ2v) is 5.84. The van der Waals surface area contributed by atoms with Crippen molar-refractivity contribution in [3.8, 4) is 0 Å². The molecule has 2 amide bonds. The topological polar surface area (TPSA) is 87.5 Å². The third-order valence-electron chi connectivity index (χ3n) is 3.85. The summed E-state index contributed by atoms with van der Waals surface area (Å²) in [5.74, 6) is 0.168. The highest BCUT2D eigenvalue weighted by Crippen LogP contribution is 2.14. The molecule has 0 bridgehead atoms. The highest BCUT2D eigenvalue weighted by Gasteiger charge is 2.22. The first-order valence-electron chi connectivity index (χ1n) is 7.46. The molecule has 132 valence electrons. The molecule has 1 fully saturated rings. The van der Waals surface area contributed by atoms with E-state index in [1.165, 1.54) is 0 Å². The van der Waals surface area contributed by atoms with Gasteiger partial charge in [0.1, 0.15) is 0 Å². The third kappa shape index (κ3) is 8.17. The van der Waals surface area contributed by atoms with Gasteiger partial charge in [-0.25, -0.2) is 0 Å². The predicted octanol–water partition coefficient (Wildman–Crippen LogP) is 0.388. The zero-order chi connectivity index (χ0) is 15.1. The van der Waals surface area contributed by atoms with Crippen molar-refractivity contribution in [2.45, 2.75) is 33.2 Å². The van der Waals surface area contributed by atoms with E-state index in [2.05, 4.69) is 22.5 Å². The Morgan fingerprint density at radius 3 is 2.41 bits per heavy atom. The normalized spacial score (nSPS) is 19.0. The lowest BCUT2D eigenvalue weighted by Gasteiger charge is -2.16. The summed E-state index contributed by atoms with van der Waals surface area (Å²) in [5.41, 5.74) is 5.70. The number of nitrogens with one attached hydrogen (secondary N) is 2. The van der Waals surface area contributed by atoms with Gasteiger partial charge in [0.15, 0.2) is 0 Å². The lowest BCUT2D eigenvalue weighted by atomic mass is 10.1. The van der Waals surface area contributed by atoms with E-state index in [4.69, 9.17) is 5.73 Å². The van der Waals surface area contributed by atoms with Crippen molar-refractivity contribution >= 4 is 36.6 Å². The lowest BCUT2D eigenvalue weighted by molar-refractivity contribution is -0.127. The van der Waals surface area contributed by atoms with Crippen LogP contribution in [-0.2, 0) is 9.59 Å². The molecule has 0 aromatic rings. The van der Waals surface area contributed by atoms with Gasteiger partial charge >= 0.3 is 0 Å². The Morgan fingerprint density at radius 2 is 1.91 bits per heavy atom. The number of halogens is 2. The molecule has 0 aromatic heterocycles. The number of hydrogen-bond donors (Lipinski definition) is 3. The van der Waals surface area contributed by atoms with E-state index >= 15 is 0 Å². The molecule has 2 atom stereocenters. The van der Waals surface area contributed by atoms with Crippen LogP contribution in [0.5, 0.6) is 0 Å². The predicted molar refractivity (Wildman–Crippen MR) is 93.5 cm³/mol. The Hall–Kier alpha value is -0.560. The van der Waals surface area contributed by atoms with Gasteiger partial charge < -0.3 is 21.3 Å². The van der Waals surface area contributed by atoms with E-state index < -0.39 is 6.04 Å². The molecule has 0 aliphatic carbocycles. The Bertz CT molecular complexity index is 343. The average molecular weight is 357 g/mol. The fourth-order valence-corrected chi connectivity index (χ4v) is 2.28. The molecule has 0 aromatic carbocycles. The van der Waals surface area contributed by atoms with E-state index in [1.54, 1.807) is 0 Å². The molecule has 6 nitrogen and oxygen atoms in total. The van der Waals surface area contributed by atoms with Crippen LogP contribution in [0.15, 0.2) is 0 Å².